The first-order valence-electron chi connectivity index (χ1n) is 7.10. The minimum Gasteiger partial charge on any atom is -0.511 e. The zero-order chi connectivity index (χ0) is 14.7. The van der Waals surface area contributed by atoms with Crippen LogP contribution in [0.1, 0.15) is 18.4 Å². The average Bonchev–Trinajstić information content (AvgIpc) is 2.99. The van der Waals surface area contributed by atoms with Gasteiger partial charge in [-0.15, -0.1) is 11.8 Å². The second-order valence-corrected chi connectivity index (χ2v) is 6.30. The third-order valence-corrected chi connectivity index (χ3v) is 4.62. The first-order chi connectivity index (χ1) is 10.2. The van der Waals surface area contributed by atoms with E-state index < -0.39 is 0 Å². The summed E-state index contributed by atoms with van der Waals surface area (Å²) in [6.45, 7) is 0.737. The lowest BCUT2D eigenvalue weighted by molar-refractivity contribution is -0.116. The van der Waals surface area contributed by atoms with Crippen LogP contribution in [0.25, 0.3) is 6.08 Å². The van der Waals surface area contributed by atoms with E-state index in [1.165, 1.54) is 0 Å². The van der Waals surface area contributed by atoms with Crippen molar-refractivity contribution < 1.29 is 9.90 Å². The molecular formula is C17H17NO2S. The lowest BCUT2D eigenvalue weighted by atomic mass is 9.87. The van der Waals surface area contributed by atoms with Crippen molar-refractivity contribution in [1.82, 2.24) is 0 Å². The van der Waals surface area contributed by atoms with E-state index in [1.54, 1.807) is 11.8 Å². The monoisotopic (exact) mass is 299 g/mol. The maximum absolute atomic E-state index is 12.3. The molecule has 1 aliphatic heterocycles. The molecule has 1 aromatic carbocycles. The molecule has 21 heavy (non-hydrogen) atoms. The normalized spacial score (nSPS) is 23.0. The van der Waals surface area contributed by atoms with Gasteiger partial charge in [-0.1, -0.05) is 42.5 Å². The van der Waals surface area contributed by atoms with Crippen LogP contribution < -0.4 is 0 Å². The molecule has 3 nitrogen and oxygen atoms in total. The van der Waals surface area contributed by atoms with E-state index in [2.05, 4.69) is 4.99 Å². The first-order valence-corrected chi connectivity index (χ1v) is 8.09. The van der Waals surface area contributed by atoms with Gasteiger partial charge >= 0.3 is 0 Å². The summed E-state index contributed by atoms with van der Waals surface area (Å²) >= 11 is 1.56. The Bertz CT molecular complexity index is 631. The molecule has 1 heterocycles. The Balaban J connectivity index is 1.74. The van der Waals surface area contributed by atoms with Crippen LogP contribution in [0.4, 0.5) is 0 Å². The third kappa shape index (κ3) is 3.27. The van der Waals surface area contributed by atoms with E-state index in [-0.39, 0.29) is 17.5 Å². The number of aliphatic hydroxyl groups excluding tert-OH is 1. The SMILES string of the molecule is O=C1CC(/C=C/c2ccccc2)CC(O)=C1C1=NCCS1. The predicted molar refractivity (Wildman–Crippen MR) is 87.6 cm³/mol. The number of carbonyl (C=O) groups is 1. The summed E-state index contributed by atoms with van der Waals surface area (Å²) in [6, 6.07) is 9.98. The Morgan fingerprint density at radius 2 is 2.05 bits per heavy atom. The maximum Gasteiger partial charge on any atom is 0.169 e. The molecule has 1 aliphatic carbocycles. The highest BCUT2D eigenvalue weighted by molar-refractivity contribution is 8.14. The number of aliphatic imine (C=N–C) groups is 1. The van der Waals surface area contributed by atoms with Gasteiger partial charge in [0.15, 0.2) is 5.78 Å². The maximum atomic E-state index is 12.3. The third-order valence-electron chi connectivity index (χ3n) is 3.63. The van der Waals surface area contributed by atoms with Gasteiger partial charge in [0.1, 0.15) is 10.8 Å². The zero-order valence-electron chi connectivity index (χ0n) is 11.7. The van der Waals surface area contributed by atoms with Crippen molar-refractivity contribution in [2.75, 3.05) is 12.3 Å². The Morgan fingerprint density at radius 3 is 2.71 bits per heavy atom. The summed E-state index contributed by atoms with van der Waals surface area (Å²) in [7, 11) is 0. The number of thioether (sulfide) groups is 1. The van der Waals surface area contributed by atoms with E-state index in [9.17, 15) is 9.90 Å². The van der Waals surface area contributed by atoms with E-state index in [0.29, 0.717) is 18.4 Å². The number of hydrogen-bond donors (Lipinski definition) is 1. The molecule has 0 spiro atoms. The van der Waals surface area contributed by atoms with Gasteiger partial charge in [-0.05, 0) is 11.5 Å². The van der Waals surface area contributed by atoms with Crippen molar-refractivity contribution in [1.29, 1.82) is 0 Å². The molecule has 108 valence electrons. The van der Waals surface area contributed by atoms with E-state index in [4.69, 9.17) is 0 Å². The lowest BCUT2D eigenvalue weighted by Crippen LogP contribution is -2.22. The van der Waals surface area contributed by atoms with Gasteiger partial charge in [0.25, 0.3) is 0 Å². The van der Waals surface area contributed by atoms with E-state index in [1.807, 2.05) is 42.5 Å². The molecule has 3 rings (SSSR count). The molecule has 0 saturated heterocycles. The standard InChI is InChI=1S/C17H17NO2S/c19-14-10-13(7-6-12-4-2-1-3-5-12)11-15(20)16(14)17-18-8-9-21-17/h1-7,13,19H,8-11H2/b7-6+. The van der Waals surface area contributed by atoms with Crippen LogP contribution in [-0.2, 0) is 4.79 Å². The zero-order valence-corrected chi connectivity index (χ0v) is 12.5. The largest absolute Gasteiger partial charge is 0.511 e. The number of benzene rings is 1. The highest BCUT2D eigenvalue weighted by atomic mass is 32.2. The van der Waals surface area contributed by atoms with Crippen LogP contribution in [0, 0.1) is 5.92 Å². The summed E-state index contributed by atoms with van der Waals surface area (Å²) < 4.78 is 0. The molecule has 2 aliphatic rings. The number of aliphatic hydroxyl groups is 1. The van der Waals surface area contributed by atoms with E-state index >= 15 is 0 Å². The Hall–Kier alpha value is -1.81. The molecule has 0 bridgehead atoms. The van der Waals surface area contributed by atoms with Crippen LogP contribution in [-0.4, -0.2) is 28.2 Å². The Morgan fingerprint density at radius 1 is 1.24 bits per heavy atom. The molecule has 4 heteroatoms. The fourth-order valence-corrected chi connectivity index (χ4v) is 3.53. The van der Waals surface area contributed by atoms with Gasteiger partial charge in [0.05, 0.1) is 5.57 Å². The molecule has 1 atom stereocenters. The molecule has 0 saturated carbocycles. The second-order valence-electron chi connectivity index (χ2n) is 5.22. The van der Waals surface area contributed by atoms with Gasteiger partial charge < -0.3 is 5.11 Å². The molecule has 0 fully saturated rings. The quantitative estimate of drug-likeness (QED) is 0.927. The van der Waals surface area contributed by atoms with Crippen molar-refractivity contribution in [2.24, 2.45) is 10.9 Å². The van der Waals surface area contributed by atoms with Gasteiger partial charge in [-0.25, -0.2) is 0 Å². The smallest absolute Gasteiger partial charge is 0.169 e. The fourth-order valence-electron chi connectivity index (χ4n) is 2.60. The van der Waals surface area contributed by atoms with Gasteiger partial charge in [0, 0.05) is 25.1 Å². The number of allylic oxidation sites excluding steroid dienone is 2. The molecular weight excluding hydrogens is 282 g/mol. The number of carbonyl (C=O) groups excluding carboxylic acids is 1. The van der Waals surface area contributed by atoms with Crippen molar-refractivity contribution >= 4 is 28.7 Å². The lowest BCUT2D eigenvalue weighted by Gasteiger charge is -2.20. The van der Waals surface area contributed by atoms with Crippen molar-refractivity contribution in [3.63, 3.8) is 0 Å². The number of nitrogens with zero attached hydrogens (tertiary/aromatic N) is 1. The number of Topliss-reactive ketones (excluding diaryl/α,β-unsaturated/α-hetero) is 1. The van der Waals surface area contributed by atoms with Crippen LogP contribution in [0.5, 0.6) is 0 Å². The topological polar surface area (TPSA) is 49.7 Å². The number of hydrogen-bond acceptors (Lipinski definition) is 4. The van der Waals surface area contributed by atoms with E-state index in [0.717, 1.165) is 22.9 Å². The highest BCUT2D eigenvalue weighted by Crippen LogP contribution is 2.31. The van der Waals surface area contributed by atoms with Crippen LogP contribution in [0.3, 0.4) is 0 Å². The first kappa shape index (κ1) is 14.1. The molecule has 1 N–H and O–H groups in total. The molecule has 1 unspecified atom stereocenters. The van der Waals surface area contributed by atoms with Crippen LogP contribution >= 0.6 is 11.8 Å². The number of ketones is 1. The Labute approximate surface area is 128 Å². The molecule has 0 amide bonds. The van der Waals surface area contributed by atoms with Crippen LogP contribution in [0.2, 0.25) is 0 Å². The second kappa shape index (κ2) is 6.31. The molecule has 1 aromatic rings. The molecule has 0 radical (unpaired) electrons. The van der Waals surface area contributed by atoms with Gasteiger partial charge in [-0.2, -0.15) is 0 Å². The van der Waals surface area contributed by atoms with Gasteiger partial charge in [0.2, 0.25) is 0 Å². The number of rotatable bonds is 3. The minimum atomic E-state index is 0.00890. The highest BCUT2D eigenvalue weighted by Gasteiger charge is 2.30. The van der Waals surface area contributed by atoms with Crippen molar-refractivity contribution in [3.05, 3.63) is 53.3 Å². The van der Waals surface area contributed by atoms with Crippen molar-refractivity contribution in [3.8, 4) is 0 Å². The Kier molecular flexibility index (Phi) is 4.25. The van der Waals surface area contributed by atoms with Crippen molar-refractivity contribution in [2.45, 2.75) is 12.8 Å². The predicted octanol–water partition coefficient (Wildman–Crippen LogP) is 3.64. The van der Waals surface area contributed by atoms with Gasteiger partial charge in [-0.3, -0.25) is 9.79 Å². The average molecular weight is 299 g/mol. The fraction of sp³-hybridized carbons (Fsp3) is 0.294. The summed E-state index contributed by atoms with van der Waals surface area (Å²) in [4.78, 5) is 16.6. The summed E-state index contributed by atoms with van der Waals surface area (Å²) in [5.74, 6) is 1.17. The van der Waals surface area contributed by atoms with Crippen LogP contribution in [0.15, 0.2) is 52.7 Å². The molecule has 0 aromatic heterocycles. The summed E-state index contributed by atoms with van der Waals surface area (Å²) in [5, 5.41) is 10.9. The summed E-state index contributed by atoms with van der Waals surface area (Å²) in [5.41, 5.74) is 1.57. The summed E-state index contributed by atoms with van der Waals surface area (Å²) in [6.07, 6.45) is 4.99. The minimum absolute atomic E-state index is 0.00890.